The fourth-order valence-corrected chi connectivity index (χ4v) is 2.97. The molecule has 0 unspecified atom stereocenters. The lowest BCUT2D eigenvalue weighted by Gasteiger charge is -2.07. The van der Waals surface area contributed by atoms with Crippen LogP contribution in [0, 0.1) is 10.1 Å². The zero-order valence-corrected chi connectivity index (χ0v) is 17.5. The van der Waals surface area contributed by atoms with Gasteiger partial charge in [0.15, 0.2) is 6.61 Å². The summed E-state index contributed by atoms with van der Waals surface area (Å²) < 4.78 is 49.5. The molecule has 1 heterocycles. The van der Waals surface area contributed by atoms with Gasteiger partial charge in [-0.25, -0.2) is 5.43 Å². The fourth-order valence-electron chi connectivity index (χ4n) is 2.49. The lowest BCUT2D eigenvalue weighted by atomic mass is 10.1. The Bertz CT molecular complexity index is 1180. The number of rotatable bonds is 7. The second-order valence-corrected chi connectivity index (χ2v) is 7.09. The van der Waals surface area contributed by atoms with Gasteiger partial charge in [0.05, 0.1) is 21.2 Å². The smallest absolute Gasteiger partial charge is 0.416 e. The van der Waals surface area contributed by atoms with Crippen molar-refractivity contribution in [3.63, 3.8) is 0 Å². The van der Waals surface area contributed by atoms with Crippen molar-refractivity contribution in [3.8, 4) is 17.1 Å². The molecule has 166 valence electrons. The molecule has 1 N–H and O–H groups in total. The first kappa shape index (κ1) is 23.0. The number of amides is 1. The Balaban J connectivity index is 1.55. The van der Waals surface area contributed by atoms with E-state index < -0.39 is 29.2 Å². The number of halogens is 4. The van der Waals surface area contributed by atoms with Crippen LogP contribution in [-0.2, 0) is 11.0 Å². The van der Waals surface area contributed by atoms with Gasteiger partial charge in [-0.3, -0.25) is 14.9 Å². The molecular weight excluding hydrogens is 499 g/mol. The average molecular weight is 512 g/mol. The molecule has 3 aromatic rings. The largest absolute Gasteiger partial charge is 0.483 e. The highest BCUT2D eigenvalue weighted by atomic mass is 79.9. The summed E-state index contributed by atoms with van der Waals surface area (Å²) in [5.41, 5.74) is 1.51. The Morgan fingerprint density at radius 2 is 2.00 bits per heavy atom. The normalized spacial score (nSPS) is 11.5. The quantitative estimate of drug-likeness (QED) is 0.267. The monoisotopic (exact) mass is 511 g/mol. The van der Waals surface area contributed by atoms with Gasteiger partial charge in [0.2, 0.25) is 0 Å². The number of hydrogen-bond donors (Lipinski definition) is 1. The number of alkyl halides is 3. The number of nitro groups is 1. The van der Waals surface area contributed by atoms with Crippen LogP contribution in [0.1, 0.15) is 11.3 Å². The van der Waals surface area contributed by atoms with Crippen LogP contribution in [0.5, 0.6) is 5.75 Å². The van der Waals surface area contributed by atoms with Gasteiger partial charge in [0.1, 0.15) is 17.3 Å². The molecule has 32 heavy (non-hydrogen) atoms. The number of hydrogen-bond acceptors (Lipinski definition) is 6. The standard InChI is InChI=1S/C20H13BrF3N3O5/c21-16-9-14(27(29)30)4-6-18(16)31-11-19(28)26-25-10-15-5-7-17(32-15)12-2-1-3-13(8-12)20(22,23)24/h1-10H,11H2,(H,26,28)/b25-10-. The van der Waals surface area contributed by atoms with Gasteiger partial charge < -0.3 is 9.15 Å². The summed E-state index contributed by atoms with van der Waals surface area (Å²) >= 11 is 3.12. The van der Waals surface area contributed by atoms with Crippen LogP contribution in [0.15, 0.2) is 68.6 Å². The van der Waals surface area contributed by atoms with Crippen LogP contribution < -0.4 is 10.2 Å². The minimum atomic E-state index is -4.47. The minimum Gasteiger partial charge on any atom is -0.483 e. The minimum absolute atomic E-state index is 0.138. The van der Waals surface area contributed by atoms with Crippen molar-refractivity contribution in [2.45, 2.75) is 6.18 Å². The molecule has 0 saturated heterocycles. The molecule has 0 fully saturated rings. The lowest BCUT2D eigenvalue weighted by molar-refractivity contribution is -0.385. The van der Waals surface area contributed by atoms with E-state index in [2.05, 4.69) is 26.5 Å². The first-order chi connectivity index (χ1) is 15.1. The molecule has 0 atom stereocenters. The van der Waals surface area contributed by atoms with Gasteiger partial charge in [0, 0.05) is 17.7 Å². The molecule has 0 aliphatic heterocycles. The van der Waals surface area contributed by atoms with E-state index in [-0.39, 0.29) is 28.5 Å². The van der Waals surface area contributed by atoms with Gasteiger partial charge in [0.25, 0.3) is 11.6 Å². The van der Waals surface area contributed by atoms with E-state index in [1.807, 2.05) is 0 Å². The number of non-ortho nitro benzene ring substituents is 1. The number of furan rings is 1. The van der Waals surface area contributed by atoms with E-state index in [4.69, 9.17) is 9.15 Å². The zero-order valence-electron chi connectivity index (χ0n) is 15.9. The molecule has 12 heteroatoms. The van der Waals surface area contributed by atoms with Gasteiger partial charge in [-0.05, 0) is 46.3 Å². The molecule has 1 amide bonds. The average Bonchev–Trinajstić information content (AvgIpc) is 3.21. The molecule has 0 aliphatic carbocycles. The van der Waals surface area contributed by atoms with Gasteiger partial charge in [-0.15, -0.1) is 0 Å². The van der Waals surface area contributed by atoms with E-state index >= 15 is 0 Å². The Morgan fingerprint density at radius 1 is 1.22 bits per heavy atom. The second kappa shape index (κ2) is 9.64. The Labute approximate surface area is 187 Å². The van der Waals surface area contributed by atoms with Crippen LogP contribution >= 0.6 is 15.9 Å². The Morgan fingerprint density at radius 3 is 2.69 bits per heavy atom. The number of ether oxygens (including phenoxy) is 1. The molecule has 8 nitrogen and oxygen atoms in total. The van der Waals surface area contributed by atoms with E-state index in [0.29, 0.717) is 4.47 Å². The van der Waals surface area contributed by atoms with Crippen molar-refractivity contribution in [3.05, 3.63) is 80.5 Å². The van der Waals surface area contributed by atoms with E-state index in [1.165, 1.54) is 48.7 Å². The zero-order chi connectivity index (χ0) is 23.3. The molecule has 0 aliphatic rings. The number of benzene rings is 2. The third kappa shape index (κ3) is 5.94. The van der Waals surface area contributed by atoms with Crippen molar-refractivity contribution < 1.29 is 32.0 Å². The molecule has 0 bridgehead atoms. The number of nitrogens with zero attached hydrogens (tertiary/aromatic N) is 2. The maximum absolute atomic E-state index is 12.8. The summed E-state index contributed by atoms with van der Waals surface area (Å²) in [6, 6.07) is 11.5. The van der Waals surface area contributed by atoms with Crippen molar-refractivity contribution in [2.75, 3.05) is 6.61 Å². The molecule has 3 rings (SSSR count). The number of nitro benzene ring substituents is 1. The third-order valence-corrected chi connectivity index (χ3v) is 4.59. The summed E-state index contributed by atoms with van der Waals surface area (Å²) in [6.45, 7) is -0.415. The molecular formula is C20H13BrF3N3O5. The molecule has 0 saturated carbocycles. The first-order valence-corrected chi connectivity index (χ1v) is 9.59. The third-order valence-electron chi connectivity index (χ3n) is 3.97. The molecule has 2 aromatic carbocycles. The van der Waals surface area contributed by atoms with E-state index in [9.17, 15) is 28.1 Å². The predicted octanol–water partition coefficient (Wildman–Crippen LogP) is 5.17. The lowest BCUT2D eigenvalue weighted by Crippen LogP contribution is -2.24. The van der Waals surface area contributed by atoms with Gasteiger partial charge in [-0.1, -0.05) is 12.1 Å². The van der Waals surface area contributed by atoms with Crippen molar-refractivity contribution in [1.29, 1.82) is 0 Å². The summed E-state index contributed by atoms with van der Waals surface area (Å²) in [7, 11) is 0. The number of carbonyl (C=O) groups excluding carboxylic acids is 1. The van der Waals surface area contributed by atoms with Crippen molar-refractivity contribution in [2.24, 2.45) is 5.10 Å². The predicted molar refractivity (Wildman–Crippen MR) is 111 cm³/mol. The van der Waals surface area contributed by atoms with Crippen molar-refractivity contribution in [1.82, 2.24) is 5.43 Å². The summed E-state index contributed by atoms with van der Waals surface area (Å²) in [6.07, 6.45) is -3.29. The summed E-state index contributed by atoms with van der Waals surface area (Å²) in [4.78, 5) is 22.0. The maximum atomic E-state index is 12.8. The van der Waals surface area contributed by atoms with Gasteiger partial charge in [-0.2, -0.15) is 18.3 Å². The second-order valence-electron chi connectivity index (χ2n) is 6.23. The number of carbonyl (C=O) groups is 1. The van der Waals surface area contributed by atoms with Crippen LogP contribution in [0.4, 0.5) is 18.9 Å². The topological polar surface area (TPSA) is 107 Å². The summed E-state index contributed by atoms with van der Waals surface area (Å²) in [5, 5.41) is 14.4. The molecule has 0 radical (unpaired) electrons. The molecule has 1 aromatic heterocycles. The fraction of sp³-hybridized carbons (Fsp3) is 0.100. The van der Waals surface area contributed by atoms with Crippen LogP contribution in [-0.4, -0.2) is 23.7 Å². The Kier molecular flexibility index (Phi) is 6.93. The highest BCUT2D eigenvalue weighted by Crippen LogP contribution is 2.32. The van der Waals surface area contributed by atoms with E-state index in [0.717, 1.165) is 12.1 Å². The van der Waals surface area contributed by atoms with Crippen molar-refractivity contribution >= 4 is 33.7 Å². The molecule has 0 spiro atoms. The highest BCUT2D eigenvalue weighted by molar-refractivity contribution is 9.10. The SMILES string of the molecule is O=C(COc1ccc([N+](=O)[O-])cc1Br)N/N=C\c1ccc(-c2cccc(C(F)(F)F)c2)o1. The summed E-state index contributed by atoms with van der Waals surface area (Å²) in [5.74, 6) is 0.0228. The Hall–Kier alpha value is -3.67. The number of nitrogens with one attached hydrogen (secondary N) is 1. The number of hydrazone groups is 1. The van der Waals surface area contributed by atoms with E-state index in [1.54, 1.807) is 0 Å². The van der Waals surface area contributed by atoms with Crippen LogP contribution in [0.3, 0.4) is 0 Å². The first-order valence-electron chi connectivity index (χ1n) is 8.79. The maximum Gasteiger partial charge on any atom is 0.416 e. The van der Waals surface area contributed by atoms with Crippen LogP contribution in [0.25, 0.3) is 11.3 Å². The highest BCUT2D eigenvalue weighted by Gasteiger charge is 2.30. The van der Waals surface area contributed by atoms with Crippen LogP contribution in [0.2, 0.25) is 0 Å². The van der Waals surface area contributed by atoms with Gasteiger partial charge >= 0.3 is 6.18 Å².